The zero-order valence-corrected chi connectivity index (χ0v) is 10.6. The first-order chi connectivity index (χ1) is 7.20. The number of rotatable bonds is 2. The third kappa shape index (κ3) is 2.56. The summed E-state index contributed by atoms with van der Waals surface area (Å²) in [7, 11) is 0. The average Bonchev–Trinajstić information content (AvgIpc) is 2.66. The first-order valence-corrected chi connectivity index (χ1v) is 7.29. The largest absolute Gasteiger partial charge is 0.300 e. The van der Waals surface area contributed by atoms with Crippen LogP contribution in [0.3, 0.4) is 0 Å². The van der Waals surface area contributed by atoms with Gasteiger partial charge in [-0.1, -0.05) is 0 Å². The van der Waals surface area contributed by atoms with Crippen LogP contribution in [-0.4, -0.2) is 40.8 Å². The molecule has 1 saturated carbocycles. The molecular formula is C12H21NOS. The minimum atomic E-state index is 0.457. The molecule has 0 spiro atoms. The Kier molecular flexibility index (Phi) is 3.73. The molecule has 2 aliphatic rings. The van der Waals surface area contributed by atoms with Gasteiger partial charge in [0.25, 0.3) is 0 Å². The van der Waals surface area contributed by atoms with E-state index in [0.29, 0.717) is 11.8 Å². The van der Waals surface area contributed by atoms with Crippen molar-refractivity contribution >= 4 is 17.5 Å². The Morgan fingerprint density at radius 1 is 1.40 bits per heavy atom. The Balaban J connectivity index is 1.91. The Hall–Kier alpha value is -0.0200. The highest BCUT2D eigenvalue weighted by molar-refractivity contribution is 7.99. The van der Waals surface area contributed by atoms with Gasteiger partial charge in [-0.25, -0.2) is 0 Å². The Labute approximate surface area is 96.8 Å². The van der Waals surface area contributed by atoms with Gasteiger partial charge in [0, 0.05) is 36.7 Å². The van der Waals surface area contributed by atoms with Gasteiger partial charge in [0.2, 0.25) is 0 Å². The predicted molar refractivity (Wildman–Crippen MR) is 65.4 cm³/mol. The van der Waals surface area contributed by atoms with Gasteiger partial charge in [0.05, 0.1) is 0 Å². The number of carbonyl (C=O) groups is 1. The summed E-state index contributed by atoms with van der Waals surface area (Å²) < 4.78 is 0. The summed E-state index contributed by atoms with van der Waals surface area (Å²) in [6.07, 6.45) is 7.81. The van der Waals surface area contributed by atoms with Crippen LogP contribution in [0.2, 0.25) is 0 Å². The summed E-state index contributed by atoms with van der Waals surface area (Å²) in [5.41, 5.74) is 0. The van der Waals surface area contributed by atoms with Gasteiger partial charge in [-0.05, 0) is 32.4 Å². The molecule has 0 aromatic rings. The first kappa shape index (κ1) is 11.5. The van der Waals surface area contributed by atoms with E-state index in [-0.39, 0.29) is 0 Å². The van der Waals surface area contributed by atoms with Gasteiger partial charge in [0.15, 0.2) is 0 Å². The number of nitrogens with zero attached hydrogens (tertiary/aromatic N) is 1. The number of Topliss-reactive ketones (excluding diaryl/α,β-unsaturated/α-hetero) is 1. The van der Waals surface area contributed by atoms with Crippen molar-refractivity contribution in [3.05, 3.63) is 0 Å². The number of piperidine rings is 1. The molecule has 0 amide bonds. The van der Waals surface area contributed by atoms with Crippen molar-refractivity contribution in [3.63, 3.8) is 0 Å². The molecule has 1 aliphatic carbocycles. The van der Waals surface area contributed by atoms with E-state index < -0.39 is 0 Å². The van der Waals surface area contributed by atoms with Gasteiger partial charge >= 0.3 is 0 Å². The minimum absolute atomic E-state index is 0.457. The van der Waals surface area contributed by atoms with E-state index in [1.807, 2.05) is 11.8 Å². The normalized spacial score (nSPS) is 38.5. The highest BCUT2D eigenvalue weighted by Gasteiger charge is 2.34. The lowest BCUT2D eigenvalue weighted by Gasteiger charge is -2.37. The molecule has 0 aromatic heterocycles. The van der Waals surface area contributed by atoms with Gasteiger partial charge in [-0.2, -0.15) is 11.8 Å². The molecule has 1 aliphatic heterocycles. The smallest absolute Gasteiger partial charge is 0.135 e. The van der Waals surface area contributed by atoms with E-state index in [1.54, 1.807) is 0 Å². The lowest BCUT2D eigenvalue weighted by Crippen LogP contribution is -2.46. The quantitative estimate of drug-likeness (QED) is 0.722. The second-order valence-electron chi connectivity index (χ2n) is 4.90. The fraction of sp³-hybridized carbons (Fsp3) is 0.917. The van der Waals surface area contributed by atoms with Crippen LogP contribution in [0.1, 0.15) is 39.0 Å². The molecule has 0 N–H and O–H groups in total. The van der Waals surface area contributed by atoms with Crippen molar-refractivity contribution in [2.45, 2.75) is 56.4 Å². The lowest BCUT2D eigenvalue weighted by atomic mass is 9.99. The third-order valence-corrected chi connectivity index (χ3v) is 4.99. The van der Waals surface area contributed by atoms with E-state index in [0.717, 1.165) is 30.7 Å². The summed E-state index contributed by atoms with van der Waals surface area (Å²) in [5.74, 6) is 0.457. The second kappa shape index (κ2) is 4.88. The van der Waals surface area contributed by atoms with Crippen LogP contribution in [0.4, 0.5) is 0 Å². The highest BCUT2D eigenvalue weighted by atomic mass is 32.2. The molecule has 2 rings (SSSR count). The molecule has 2 nitrogen and oxygen atoms in total. The van der Waals surface area contributed by atoms with Crippen molar-refractivity contribution in [2.75, 3.05) is 12.8 Å². The molecule has 1 heterocycles. The number of hydrogen-bond donors (Lipinski definition) is 0. The summed E-state index contributed by atoms with van der Waals surface area (Å²) in [6.45, 7) is 3.22. The van der Waals surface area contributed by atoms with E-state index in [1.165, 1.54) is 19.3 Å². The Bertz CT molecular complexity index is 244. The maximum Gasteiger partial charge on any atom is 0.135 e. The highest BCUT2D eigenvalue weighted by Crippen LogP contribution is 2.33. The minimum Gasteiger partial charge on any atom is -0.300 e. The molecule has 2 fully saturated rings. The van der Waals surface area contributed by atoms with Crippen LogP contribution in [0.15, 0.2) is 0 Å². The predicted octanol–water partition coefficient (Wildman–Crippen LogP) is 2.32. The van der Waals surface area contributed by atoms with Crippen LogP contribution in [0.5, 0.6) is 0 Å². The zero-order valence-electron chi connectivity index (χ0n) is 9.74. The van der Waals surface area contributed by atoms with Crippen molar-refractivity contribution in [1.82, 2.24) is 4.90 Å². The maximum atomic E-state index is 11.3. The summed E-state index contributed by atoms with van der Waals surface area (Å²) in [4.78, 5) is 13.9. The van der Waals surface area contributed by atoms with Crippen molar-refractivity contribution in [1.29, 1.82) is 0 Å². The first-order valence-electron chi connectivity index (χ1n) is 6.01. The lowest BCUT2D eigenvalue weighted by molar-refractivity contribution is -0.123. The summed E-state index contributed by atoms with van der Waals surface area (Å²) in [6, 6.07) is 1.24. The average molecular weight is 227 g/mol. The Morgan fingerprint density at radius 3 is 2.80 bits per heavy atom. The number of thioether (sulfide) groups is 1. The van der Waals surface area contributed by atoms with Gasteiger partial charge in [-0.3, -0.25) is 9.69 Å². The summed E-state index contributed by atoms with van der Waals surface area (Å²) >= 11 is 2.01. The Morgan fingerprint density at radius 2 is 2.20 bits per heavy atom. The second-order valence-corrected chi connectivity index (χ2v) is 6.04. The molecule has 3 heteroatoms. The molecule has 0 radical (unpaired) electrons. The third-order valence-electron chi connectivity index (χ3n) is 3.90. The standard InChI is InChI=1S/C12H21NOS/c1-9-7-11(14)5-6-13(9)10-3-4-12(8-10)15-2/h9-10,12H,3-8H2,1-2H3. The topological polar surface area (TPSA) is 20.3 Å². The molecule has 0 bridgehead atoms. The van der Waals surface area contributed by atoms with E-state index in [4.69, 9.17) is 0 Å². The molecular weight excluding hydrogens is 206 g/mol. The fourth-order valence-corrected chi connectivity index (χ4v) is 3.78. The SMILES string of the molecule is CSC1CCC(N2CCC(=O)CC2C)C1. The number of likely N-dealkylation sites (tertiary alicyclic amines) is 1. The van der Waals surface area contributed by atoms with Crippen LogP contribution in [0, 0.1) is 0 Å². The molecule has 15 heavy (non-hydrogen) atoms. The van der Waals surface area contributed by atoms with Gasteiger partial charge in [0.1, 0.15) is 5.78 Å². The van der Waals surface area contributed by atoms with Crippen molar-refractivity contribution in [3.8, 4) is 0 Å². The van der Waals surface area contributed by atoms with Crippen molar-refractivity contribution in [2.24, 2.45) is 0 Å². The van der Waals surface area contributed by atoms with Crippen LogP contribution in [0.25, 0.3) is 0 Å². The van der Waals surface area contributed by atoms with Gasteiger partial charge < -0.3 is 0 Å². The number of hydrogen-bond acceptors (Lipinski definition) is 3. The molecule has 86 valence electrons. The molecule has 3 atom stereocenters. The fourth-order valence-electron chi connectivity index (χ4n) is 3.00. The summed E-state index contributed by atoms with van der Waals surface area (Å²) in [5, 5.41) is 0.861. The maximum absolute atomic E-state index is 11.3. The van der Waals surface area contributed by atoms with Crippen molar-refractivity contribution < 1.29 is 4.79 Å². The zero-order chi connectivity index (χ0) is 10.8. The number of ketones is 1. The molecule has 0 aromatic carbocycles. The van der Waals surface area contributed by atoms with Crippen LogP contribution >= 0.6 is 11.8 Å². The van der Waals surface area contributed by atoms with E-state index in [2.05, 4.69) is 18.1 Å². The molecule has 1 saturated heterocycles. The van der Waals surface area contributed by atoms with Crippen LogP contribution < -0.4 is 0 Å². The number of carbonyl (C=O) groups excluding carboxylic acids is 1. The monoisotopic (exact) mass is 227 g/mol. The van der Waals surface area contributed by atoms with Gasteiger partial charge in [-0.15, -0.1) is 0 Å². The van der Waals surface area contributed by atoms with E-state index in [9.17, 15) is 4.79 Å². The molecule has 3 unspecified atom stereocenters. The van der Waals surface area contributed by atoms with E-state index >= 15 is 0 Å². The van der Waals surface area contributed by atoms with Crippen LogP contribution in [-0.2, 0) is 4.79 Å².